The van der Waals surface area contributed by atoms with Gasteiger partial charge >= 0.3 is 6.18 Å². The fourth-order valence-corrected chi connectivity index (χ4v) is 1.32. The molecule has 1 rings (SSSR count). The van der Waals surface area contributed by atoms with Gasteiger partial charge in [0.25, 0.3) is 0 Å². The first-order valence-corrected chi connectivity index (χ1v) is 5.15. The number of alkyl halides is 3. The molecule has 3 nitrogen and oxygen atoms in total. The van der Waals surface area contributed by atoms with Crippen LogP contribution in [0.2, 0.25) is 0 Å². The van der Waals surface area contributed by atoms with Gasteiger partial charge in [-0.15, -0.1) is 0 Å². The average molecular weight is 249 g/mol. The minimum Gasteiger partial charge on any atom is -0.508 e. The lowest BCUT2D eigenvalue weighted by Crippen LogP contribution is -2.27. The molecular weight excluding hydrogens is 235 g/mol. The number of aromatic hydroxyl groups is 1. The van der Waals surface area contributed by atoms with Gasteiger partial charge in [0.05, 0.1) is 6.04 Å². The lowest BCUT2D eigenvalue weighted by atomic mass is 10.1. The van der Waals surface area contributed by atoms with Crippen LogP contribution in [0.3, 0.4) is 0 Å². The molecule has 1 aromatic carbocycles. The van der Waals surface area contributed by atoms with Crippen molar-refractivity contribution >= 4 is 0 Å². The Hall–Kier alpha value is -1.27. The van der Waals surface area contributed by atoms with Crippen LogP contribution < -0.4 is 5.48 Å². The van der Waals surface area contributed by atoms with E-state index >= 15 is 0 Å². The minimum absolute atomic E-state index is 0.111. The first kappa shape index (κ1) is 13.8. The van der Waals surface area contributed by atoms with Crippen LogP contribution in [0.4, 0.5) is 13.2 Å². The quantitative estimate of drug-likeness (QED) is 0.788. The summed E-state index contributed by atoms with van der Waals surface area (Å²) < 4.78 is 35.6. The Bertz CT molecular complexity index is 338. The van der Waals surface area contributed by atoms with Crippen molar-refractivity contribution in [2.45, 2.75) is 25.6 Å². The molecule has 0 radical (unpaired) electrons. The molecule has 0 aromatic heterocycles. The van der Waals surface area contributed by atoms with Gasteiger partial charge in [0.2, 0.25) is 0 Å². The summed E-state index contributed by atoms with van der Waals surface area (Å²) in [5.41, 5.74) is 3.12. The Balaban J connectivity index is 2.51. The molecule has 0 aliphatic heterocycles. The van der Waals surface area contributed by atoms with Gasteiger partial charge in [-0.1, -0.05) is 19.1 Å². The van der Waals surface area contributed by atoms with Crippen molar-refractivity contribution in [3.63, 3.8) is 0 Å². The van der Waals surface area contributed by atoms with Gasteiger partial charge in [-0.05, 0) is 24.1 Å². The third-order valence-corrected chi connectivity index (χ3v) is 2.17. The molecule has 0 saturated carbocycles. The van der Waals surface area contributed by atoms with Gasteiger partial charge in [0.15, 0.2) is 6.61 Å². The van der Waals surface area contributed by atoms with Crippen LogP contribution in [-0.4, -0.2) is 17.9 Å². The van der Waals surface area contributed by atoms with E-state index in [0.717, 1.165) is 5.56 Å². The fourth-order valence-electron chi connectivity index (χ4n) is 1.32. The number of benzene rings is 1. The van der Waals surface area contributed by atoms with Crippen LogP contribution in [0.25, 0.3) is 0 Å². The number of hydrogen-bond donors (Lipinski definition) is 2. The molecule has 1 aromatic rings. The Morgan fingerprint density at radius 3 is 2.35 bits per heavy atom. The molecule has 0 fully saturated rings. The van der Waals surface area contributed by atoms with Gasteiger partial charge in [-0.25, -0.2) is 0 Å². The smallest absolute Gasteiger partial charge is 0.413 e. The monoisotopic (exact) mass is 249 g/mol. The van der Waals surface area contributed by atoms with Crippen LogP contribution in [-0.2, 0) is 4.84 Å². The normalized spacial score (nSPS) is 13.6. The molecule has 6 heteroatoms. The molecule has 0 aliphatic rings. The summed E-state index contributed by atoms with van der Waals surface area (Å²) in [5.74, 6) is 0.111. The fraction of sp³-hybridized carbons (Fsp3) is 0.455. The SMILES string of the molecule is CCC(NOCC(F)(F)F)c1ccc(O)cc1. The van der Waals surface area contributed by atoms with Crippen LogP contribution in [0.15, 0.2) is 24.3 Å². The minimum atomic E-state index is -4.35. The zero-order valence-corrected chi connectivity index (χ0v) is 9.29. The van der Waals surface area contributed by atoms with Gasteiger partial charge < -0.3 is 5.11 Å². The number of halogens is 3. The van der Waals surface area contributed by atoms with Gasteiger partial charge in [-0.2, -0.15) is 18.7 Å². The summed E-state index contributed by atoms with van der Waals surface area (Å²) in [4.78, 5) is 4.40. The van der Waals surface area contributed by atoms with E-state index in [1.165, 1.54) is 12.1 Å². The number of hydroxylamine groups is 1. The van der Waals surface area contributed by atoms with E-state index in [1.54, 1.807) is 12.1 Å². The van der Waals surface area contributed by atoms with E-state index in [9.17, 15) is 13.2 Å². The van der Waals surface area contributed by atoms with Crippen LogP contribution in [0.1, 0.15) is 24.9 Å². The van der Waals surface area contributed by atoms with E-state index in [1.807, 2.05) is 6.92 Å². The van der Waals surface area contributed by atoms with Crippen molar-refractivity contribution in [2.75, 3.05) is 6.61 Å². The van der Waals surface area contributed by atoms with Gasteiger partial charge in [0.1, 0.15) is 5.75 Å². The highest BCUT2D eigenvalue weighted by Crippen LogP contribution is 2.20. The molecule has 1 unspecified atom stereocenters. The van der Waals surface area contributed by atoms with Crippen molar-refractivity contribution < 1.29 is 23.1 Å². The molecule has 96 valence electrons. The Morgan fingerprint density at radius 2 is 1.88 bits per heavy atom. The molecule has 2 N–H and O–H groups in total. The van der Waals surface area contributed by atoms with Crippen molar-refractivity contribution in [1.82, 2.24) is 5.48 Å². The third kappa shape index (κ3) is 5.06. The molecule has 0 aliphatic carbocycles. The summed E-state index contributed by atoms with van der Waals surface area (Å²) in [6, 6.07) is 5.88. The summed E-state index contributed by atoms with van der Waals surface area (Å²) in [5, 5.41) is 9.09. The number of nitrogens with one attached hydrogen (secondary N) is 1. The topological polar surface area (TPSA) is 41.5 Å². The van der Waals surface area contributed by atoms with E-state index in [-0.39, 0.29) is 11.8 Å². The molecule has 0 spiro atoms. The van der Waals surface area contributed by atoms with Crippen molar-refractivity contribution in [2.24, 2.45) is 0 Å². The Kier molecular flexibility index (Phi) is 4.77. The number of rotatable bonds is 5. The molecular formula is C11H14F3NO2. The van der Waals surface area contributed by atoms with Gasteiger partial charge in [0, 0.05) is 0 Å². The summed E-state index contributed by atoms with van der Waals surface area (Å²) in [6.45, 7) is 0.489. The number of phenols is 1. The van der Waals surface area contributed by atoms with E-state index < -0.39 is 12.8 Å². The van der Waals surface area contributed by atoms with Crippen molar-refractivity contribution in [1.29, 1.82) is 0 Å². The maximum atomic E-state index is 11.9. The highest BCUT2D eigenvalue weighted by molar-refractivity contribution is 5.27. The van der Waals surface area contributed by atoms with E-state index in [4.69, 9.17) is 5.11 Å². The molecule has 0 heterocycles. The standard InChI is InChI=1S/C11H14F3NO2/c1-2-10(15-17-7-11(12,13)14)8-3-5-9(16)6-4-8/h3-6,10,15-16H,2,7H2,1H3. The Labute approximate surface area is 97.2 Å². The predicted octanol–water partition coefficient (Wildman–Crippen LogP) is 2.93. The molecule has 0 saturated heterocycles. The summed E-state index contributed by atoms with van der Waals surface area (Å²) >= 11 is 0. The average Bonchev–Trinajstić information content (AvgIpc) is 2.24. The second-order valence-corrected chi connectivity index (χ2v) is 3.57. The van der Waals surface area contributed by atoms with Crippen LogP contribution in [0, 0.1) is 0 Å². The lowest BCUT2D eigenvalue weighted by molar-refractivity contribution is -0.193. The van der Waals surface area contributed by atoms with Crippen molar-refractivity contribution in [3.05, 3.63) is 29.8 Å². The highest BCUT2D eigenvalue weighted by atomic mass is 19.4. The number of hydrogen-bond acceptors (Lipinski definition) is 3. The second-order valence-electron chi connectivity index (χ2n) is 3.57. The molecule has 0 bridgehead atoms. The first-order valence-electron chi connectivity index (χ1n) is 5.15. The number of phenolic OH excluding ortho intramolecular Hbond substituents is 1. The molecule has 0 amide bonds. The Morgan fingerprint density at radius 1 is 1.29 bits per heavy atom. The molecule has 1 atom stereocenters. The largest absolute Gasteiger partial charge is 0.508 e. The zero-order valence-electron chi connectivity index (χ0n) is 9.29. The van der Waals surface area contributed by atoms with Gasteiger partial charge in [-0.3, -0.25) is 4.84 Å². The molecule has 17 heavy (non-hydrogen) atoms. The summed E-state index contributed by atoms with van der Waals surface area (Å²) in [7, 11) is 0. The first-order chi connectivity index (χ1) is 7.92. The maximum absolute atomic E-state index is 11.9. The van der Waals surface area contributed by atoms with Crippen LogP contribution in [0.5, 0.6) is 5.75 Å². The summed E-state index contributed by atoms with van der Waals surface area (Å²) in [6.07, 6.45) is -3.77. The van der Waals surface area contributed by atoms with E-state index in [0.29, 0.717) is 6.42 Å². The maximum Gasteiger partial charge on any atom is 0.413 e. The van der Waals surface area contributed by atoms with Crippen LogP contribution >= 0.6 is 0 Å². The second kappa shape index (κ2) is 5.88. The predicted molar refractivity (Wildman–Crippen MR) is 56.3 cm³/mol. The zero-order chi connectivity index (χ0) is 12.9. The van der Waals surface area contributed by atoms with Crippen molar-refractivity contribution in [3.8, 4) is 5.75 Å². The lowest BCUT2D eigenvalue weighted by Gasteiger charge is -2.17. The highest BCUT2D eigenvalue weighted by Gasteiger charge is 2.28. The third-order valence-electron chi connectivity index (χ3n) is 2.17. The van der Waals surface area contributed by atoms with E-state index in [2.05, 4.69) is 10.3 Å².